The molecule has 0 saturated carbocycles. The summed E-state index contributed by atoms with van der Waals surface area (Å²) < 4.78 is 5.11. The van der Waals surface area contributed by atoms with Crippen molar-refractivity contribution in [3.8, 4) is 5.75 Å². The minimum absolute atomic E-state index is 0.0342. The number of carbonyl (C=O) groups is 2. The van der Waals surface area contributed by atoms with E-state index in [0.29, 0.717) is 27.4 Å². The van der Waals surface area contributed by atoms with Crippen molar-refractivity contribution in [2.75, 3.05) is 12.9 Å². The van der Waals surface area contributed by atoms with Crippen LogP contribution in [0.25, 0.3) is 10.9 Å². The molecule has 0 atom stereocenters. The third kappa shape index (κ3) is 4.45. The van der Waals surface area contributed by atoms with E-state index in [9.17, 15) is 14.4 Å². The number of hydrogen-bond donors (Lipinski definition) is 3. The number of nitrogens with zero attached hydrogens (tertiary/aromatic N) is 1. The molecule has 3 rings (SSSR count). The number of amides is 2. The molecule has 0 radical (unpaired) electrons. The minimum atomic E-state index is -0.497. The molecule has 3 N–H and O–H groups in total. The van der Waals surface area contributed by atoms with E-state index in [1.54, 1.807) is 48.5 Å². The van der Waals surface area contributed by atoms with Crippen LogP contribution < -0.4 is 21.1 Å². The highest BCUT2D eigenvalue weighted by Gasteiger charge is 2.13. The van der Waals surface area contributed by atoms with Crippen molar-refractivity contribution < 1.29 is 14.3 Å². The van der Waals surface area contributed by atoms with E-state index < -0.39 is 11.8 Å². The van der Waals surface area contributed by atoms with Gasteiger partial charge in [-0.15, -0.1) is 0 Å². The maximum atomic E-state index is 12.1. The average Bonchev–Trinajstić information content (AvgIpc) is 2.70. The first-order chi connectivity index (χ1) is 13.1. The summed E-state index contributed by atoms with van der Waals surface area (Å²) in [7, 11) is 1.46. The van der Waals surface area contributed by atoms with E-state index in [2.05, 4.69) is 20.8 Å². The summed E-state index contributed by atoms with van der Waals surface area (Å²) >= 11 is 1.06. The van der Waals surface area contributed by atoms with Gasteiger partial charge in [0.05, 0.1) is 29.3 Å². The van der Waals surface area contributed by atoms with Gasteiger partial charge in [-0.3, -0.25) is 25.2 Å². The summed E-state index contributed by atoms with van der Waals surface area (Å²) in [6.07, 6.45) is 0. The van der Waals surface area contributed by atoms with Crippen LogP contribution in [-0.2, 0) is 4.79 Å². The Morgan fingerprint density at radius 1 is 1.11 bits per heavy atom. The number of rotatable bonds is 5. The summed E-state index contributed by atoms with van der Waals surface area (Å²) in [5, 5.41) is 0.806. The fourth-order valence-corrected chi connectivity index (χ4v) is 3.00. The number of carbonyl (C=O) groups excluding carboxylic acids is 2. The van der Waals surface area contributed by atoms with Crippen molar-refractivity contribution in [2.45, 2.75) is 5.16 Å². The van der Waals surface area contributed by atoms with Crippen molar-refractivity contribution in [3.05, 3.63) is 64.4 Å². The summed E-state index contributed by atoms with van der Waals surface area (Å²) in [5.41, 5.74) is 5.22. The number of H-pyrrole nitrogens is 1. The van der Waals surface area contributed by atoms with Crippen LogP contribution in [0.15, 0.2) is 58.5 Å². The van der Waals surface area contributed by atoms with Gasteiger partial charge in [0.15, 0.2) is 5.16 Å². The van der Waals surface area contributed by atoms with Gasteiger partial charge in [-0.25, -0.2) is 4.98 Å². The minimum Gasteiger partial charge on any atom is -0.496 e. The van der Waals surface area contributed by atoms with Gasteiger partial charge in [0.1, 0.15) is 5.75 Å². The topological polar surface area (TPSA) is 113 Å². The first kappa shape index (κ1) is 18.5. The van der Waals surface area contributed by atoms with Gasteiger partial charge in [0, 0.05) is 0 Å². The van der Waals surface area contributed by atoms with Gasteiger partial charge >= 0.3 is 0 Å². The Morgan fingerprint density at radius 2 is 1.85 bits per heavy atom. The summed E-state index contributed by atoms with van der Waals surface area (Å²) in [6.45, 7) is 0. The van der Waals surface area contributed by atoms with Crippen molar-refractivity contribution in [1.29, 1.82) is 0 Å². The van der Waals surface area contributed by atoms with E-state index in [0.717, 1.165) is 11.8 Å². The molecule has 2 amide bonds. The van der Waals surface area contributed by atoms with Crippen molar-refractivity contribution in [1.82, 2.24) is 20.8 Å². The molecular formula is C18H16N4O4S. The Kier molecular flexibility index (Phi) is 5.72. The molecule has 0 bridgehead atoms. The average molecular weight is 384 g/mol. The van der Waals surface area contributed by atoms with Crippen LogP contribution in [0.3, 0.4) is 0 Å². The highest BCUT2D eigenvalue weighted by atomic mass is 32.2. The molecule has 0 spiro atoms. The van der Waals surface area contributed by atoms with Gasteiger partial charge in [-0.1, -0.05) is 36.0 Å². The highest BCUT2D eigenvalue weighted by molar-refractivity contribution is 7.99. The number of hydrogen-bond acceptors (Lipinski definition) is 6. The van der Waals surface area contributed by atoms with E-state index in [4.69, 9.17) is 4.74 Å². The largest absolute Gasteiger partial charge is 0.496 e. The van der Waals surface area contributed by atoms with Crippen molar-refractivity contribution in [2.24, 2.45) is 0 Å². The lowest BCUT2D eigenvalue weighted by Crippen LogP contribution is -2.42. The Bertz CT molecular complexity index is 1050. The third-order valence-electron chi connectivity index (χ3n) is 3.60. The monoisotopic (exact) mass is 384 g/mol. The molecule has 0 saturated heterocycles. The van der Waals surface area contributed by atoms with Crippen LogP contribution in [-0.4, -0.2) is 34.6 Å². The number of aromatic amines is 1. The standard InChI is InChI=1S/C18H16N4O4S/c1-26-14-9-5-3-7-12(14)17(25)22-21-15(23)10-27-18-19-13-8-4-2-6-11(13)16(24)20-18/h2-9H,10H2,1H3,(H,21,23)(H,22,25)(H,19,20,24). The zero-order valence-corrected chi connectivity index (χ0v) is 15.1. The van der Waals surface area contributed by atoms with Crippen LogP contribution in [0, 0.1) is 0 Å². The number of hydrazine groups is 1. The number of nitrogens with one attached hydrogen (secondary N) is 3. The van der Waals surface area contributed by atoms with E-state index in [-0.39, 0.29) is 11.3 Å². The van der Waals surface area contributed by atoms with Gasteiger partial charge in [0.2, 0.25) is 5.91 Å². The first-order valence-electron chi connectivity index (χ1n) is 7.92. The summed E-state index contributed by atoms with van der Waals surface area (Å²) in [4.78, 5) is 43.0. The Balaban J connectivity index is 1.57. The maximum Gasteiger partial charge on any atom is 0.273 e. The van der Waals surface area contributed by atoms with Crippen LogP contribution in [0.2, 0.25) is 0 Å². The van der Waals surface area contributed by atoms with E-state index in [1.807, 2.05) is 0 Å². The quantitative estimate of drug-likeness (QED) is 0.349. The predicted octanol–water partition coefficient (Wildman–Crippen LogP) is 1.48. The van der Waals surface area contributed by atoms with Crippen LogP contribution in [0.4, 0.5) is 0 Å². The zero-order valence-electron chi connectivity index (χ0n) is 14.3. The lowest BCUT2D eigenvalue weighted by molar-refractivity contribution is -0.119. The molecule has 0 unspecified atom stereocenters. The van der Waals surface area contributed by atoms with Gasteiger partial charge in [0.25, 0.3) is 11.5 Å². The molecule has 8 nitrogen and oxygen atoms in total. The van der Waals surface area contributed by atoms with Crippen LogP contribution >= 0.6 is 11.8 Å². The molecule has 138 valence electrons. The zero-order chi connectivity index (χ0) is 19.2. The van der Waals surface area contributed by atoms with Gasteiger partial charge in [-0.2, -0.15) is 0 Å². The molecule has 0 aliphatic heterocycles. The Morgan fingerprint density at radius 3 is 2.67 bits per heavy atom. The molecule has 1 aromatic heterocycles. The lowest BCUT2D eigenvalue weighted by atomic mass is 10.2. The molecule has 0 fully saturated rings. The fourth-order valence-electron chi connectivity index (χ4n) is 2.33. The second-order valence-corrected chi connectivity index (χ2v) is 6.34. The molecule has 27 heavy (non-hydrogen) atoms. The first-order valence-corrected chi connectivity index (χ1v) is 8.91. The van der Waals surface area contributed by atoms with Gasteiger partial charge in [-0.05, 0) is 24.3 Å². The maximum absolute atomic E-state index is 12.1. The van der Waals surface area contributed by atoms with E-state index >= 15 is 0 Å². The lowest BCUT2D eigenvalue weighted by Gasteiger charge is -2.10. The predicted molar refractivity (Wildman–Crippen MR) is 102 cm³/mol. The highest BCUT2D eigenvalue weighted by Crippen LogP contribution is 2.17. The van der Waals surface area contributed by atoms with Gasteiger partial charge < -0.3 is 9.72 Å². The molecule has 2 aromatic carbocycles. The van der Waals surface area contributed by atoms with E-state index in [1.165, 1.54) is 7.11 Å². The second-order valence-electron chi connectivity index (χ2n) is 5.38. The number of para-hydroxylation sites is 2. The third-order valence-corrected chi connectivity index (χ3v) is 4.47. The molecule has 3 aromatic rings. The smallest absolute Gasteiger partial charge is 0.273 e. The van der Waals surface area contributed by atoms with Crippen LogP contribution in [0.1, 0.15) is 10.4 Å². The summed E-state index contributed by atoms with van der Waals surface area (Å²) in [5.74, 6) is -0.577. The number of benzene rings is 2. The fraction of sp³-hybridized carbons (Fsp3) is 0.111. The number of fused-ring (bicyclic) bond motifs is 1. The Hall–Kier alpha value is -3.33. The van der Waals surface area contributed by atoms with Crippen LogP contribution in [0.5, 0.6) is 5.75 Å². The Labute approximate surface area is 158 Å². The normalized spacial score (nSPS) is 10.4. The second kappa shape index (κ2) is 8.37. The number of thioether (sulfide) groups is 1. The number of methoxy groups -OCH3 is 1. The molecule has 1 heterocycles. The van der Waals surface area contributed by atoms with Crippen molar-refractivity contribution in [3.63, 3.8) is 0 Å². The molecule has 9 heteroatoms. The number of ether oxygens (including phenoxy) is 1. The number of aromatic nitrogens is 2. The molecule has 0 aliphatic carbocycles. The summed E-state index contributed by atoms with van der Waals surface area (Å²) in [6, 6.07) is 13.6. The molecular weight excluding hydrogens is 368 g/mol. The van der Waals surface area contributed by atoms with Crippen molar-refractivity contribution >= 4 is 34.5 Å². The molecule has 0 aliphatic rings. The SMILES string of the molecule is COc1ccccc1C(=O)NNC(=O)CSc1nc2ccccc2c(=O)[nH]1.